The molecule has 0 fully saturated rings. The van der Waals surface area contributed by atoms with Gasteiger partial charge in [0.2, 0.25) is 5.91 Å². The van der Waals surface area contributed by atoms with Gasteiger partial charge in [-0.15, -0.1) is 0 Å². The van der Waals surface area contributed by atoms with Crippen molar-refractivity contribution >= 4 is 27.7 Å². The van der Waals surface area contributed by atoms with Gasteiger partial charge >= 0.3 is 0 Å². The van der Waals surface area contributed by atoms with Gasteiger partial charge < -0.3 is 11.1 Å². The van der Waals surface area contributed by atoms with E-state index >= 15 is 0 Å². The summed E-state index contributed by atoms with van der Waals surface area (Å²) in [5, 5.41) is 2.54. The Hall–Kier alpha value is -2.21. The van der Waals surface area contributed by atoms with E-state index in [-0.39, 0.29) is 5.56 Å². The molecule has 0 radical (unpaired) electrons. The molecule has 0 spiro atoms. The first-order chi connectivity index (χ1) is 9.99. The van der Waals surface area contributed by atoms with Gasteiger partial charge in [0.1, 0.15) is 11.9 Å². The molecule has 0 bridgehead atoms. The highest BCUT2D eigenvalue weighted by Crippen LogP contribution is 2.20. The zero-order valence-corrected chi connectivity index (χ0v) is 12.4. The van der Waals surface area contributed by atoms with Gasteiger partial charge in [0, 0.05) is 4.47 Å². The number of benzene rings is 2. The smallest absolute Gasteiger partial charge is 0.253 e. The SMILES string of the molecule is NC(=O)C(NC(=O)c1ccc(F)cc1Br)c1ccccc1. The maximum absolute atomic E-state index is 13.0. The van der Waals surface area contributed by atoms with E-state index < -0.39 is 23.7 Å². The Kier molecular flexibility index (Phi) is 4.70. The molecule has 108 valence electrons. The Balaban J connectivity index is 2.25. The number of amides is 2. The Bertz CT molecular complexity index is 677. The van der Waals surface area contributed by atoms with Gasteiger partial charge in [0.15, 0.2) is 0 Å². The first-order valence-corrected chi connectivity index (χ1v) is 6.88. The minimum absolute atomic E-state index is 0.221. The molecule has 0 aliphatic rings. The quantitative estimate of drug-likeness (QED) is 0.889. The topological polar surface area (TPSA) is 72.2 Å². The fourth-order valence-electron chi connectivity index (χ4n) is 1.85. The largest absolute Gasteiger partial charge is 0.368 e. The van der Waals surface area contributed by atoms with Crippen molar-refractivity contribution < 1.29 is 14.0 Å². The van der Waals surface area contributed by atoms with Crippen molar-refractivity contribution in [2.75, 3.05) is 0 Å². The molecule has 0 aliphatic heterocycles. The molecule has 6 heteroatoms. The Morgan fingerprint density at radius 1 is 1.14 bits per heavy atom. The van der Waals surface area contributed by atoms with Crippen molar-refractivity contribution in [1.82, 2.24) is 5.32 Å². The van der Waals surface area contributed by atoms with Crippen LogP contribution in [-0.4, -0.2) is 11.8 Å². The van der Waals surface area contributed by atoms with E-state index in [2.05, 4.69) is 21.2 Å². The van der Waals surface area contributed by atoms with Gasteiger partial charge in [0.05, 0.1) is 5.56 Å². The summed E-state index contributed by atoms with van der Waals surface area (Å²) in [6.45, 7) is 0. The highest BCUT2D eigenvalue weighted by molar-refractivity contribution is 9.10. The van der Waals surface area contributed by atoms with Crippen LogP contribution in [0.15, 0.2) is 53.0 Å². The standard InChI is InChI=1S/C15H12BrFN2O2/c16-12-8-10(17)6-7-11(12)15(21)19-13(14(18)20)9-4-2-1-3-5-9/h1-8,13H,(H2,18,20)(H,19,21). The zero-order valence-electron chi connectivity index (χ0n) is 10.8. The van der Waals surface area contributed by atoms with Crippen LogP contribution in [0.3, 0.4) is 0 Å². The van der Waals surface area contributed by atoms with Gasteiger partial charge in [-0.2, -0.15) is 0 Å². The van der Waals surface area contributed by atoms with Crippen LogP contribution < -0.4 is 11.1 Å². The van der Waals surface area contributed by atoms with Crippen molar-refractivity contribution in [1.29, 1.82) is 0 Å². The molecule has 0 aliphatic carbocycles. The van der Waals surface area contributed by atoms with Crippen molar-refractivity contribution in [2.45, 2.75) is 6.04 Å². The van der Waals surface area contributed by atoms with E-state index in [0.717, 1.165) is 0 Å². The lowest BCUT2D eigenvalue weighted by molar-refractivity contribution is -0.120. The number of nitrogens with two attached hydrogens (primary N) is 1. The number of rotatable bonds is 4. The number of carbonyl (C=O) groups excluding carboxylic acids is 2. The second-order valence-corrected chi connectivity index (χ2v) is 5.20. The predicted octanol–water partition coefficient (Wildman–Crippen LogP) is 2.54. The number of hydrogen-bond donors (Lipinski definition) is 2. The van der Waals surface area contributed by atoms with Crippen LogP contribution >= 0.6 is 15.9 Å². The zero-order chi connectivity index (χ0) is 15.4. The summed E-state index contributed by atoms with van der Waals surface area (Å²) < 4.78 is 13.3. The minimum atomic E-state index is -0.948. The van der Waals surface area contributed by atoms with Crippen molar-refractivity contribution in [3.05, 3.63) is 69.9 Å². The molecule has 1 atom stereocenters. The van der Waals surface area contributed by atoms with E-state index in [1.165, 1.54) is 18.2 Å². The molecule has 0 saturated carbocycles. The highest BCUT2D eigenvalue weighted by Gasteiger charge is 2.21. The van der Waals surface area contributed by atoms with Crippen LogP contribution in [0.1, 0.15) is 22.0 Å². The molecule has 3 N–H and O–H groups in total. The fraction of sp³-hybridized carbons (Fsp3) is 0.0667. The summed E-state index contributed by atoms with van der Waals surface area (Å²) in [5.74, 6) is -1.66. The molecule has 2 aromatic rings. The van der Waals surface area contributed by atoms with E-state index in [1.54, 1.807) is 30.3 Å². The predicted molar refractivity (Wildman–Crippen MR) is 79.9 cm³/mol. The summed E-state index contributed by atoms with van der Waals surface area (Å²) in [6, 6.07) is 11.4. The Labute approximate surface area is 129 Å². The van der Waals surface area contributed by atoms with Crippen molar-refractivity contribution in [2.24, 2.45) is 5.73 Å². The van der Waals surface area contributed by atoms with E-state index in [1.807, 2.05) is 0 Å². The molecule has 2 rings (SSSR count). The van der Waals surface area contributed by atoms with Crippen LogP contribution in [0.2, 0.25) is 0 Å². The van der Waals surface area contributed by atoms with Crippen LogP contribution in [-0.2, 0) is 4.79 Å². The maximum Gasteiger partial charge on any atom is 0.253 e. The summed E-state index contributed by atoms with van der Waals surface area (Å²) in [4.78, 5) is 23.7. The third kappa shape index (κ3) is 3.66. The molecule has 1 unspecified atom stereocenters. The molecule has 4 nitrogen and oxygen atoms in total. The minimum Gasteiger partial charge on any atom is -0.368 e. The first kappa shape index (κ1) is 15.2. The van der Waals surface area contributed by atoms with E-state index in [9.17, 15) is 14.0 Å². The van der Waals surface area contributed by atoms with Gasteiger partial charge in [0.25, 0.3) is 5.91 Å². The van der Waals surface area contributed by atoms with Crippen LogP contribution in [0, 0.1) is 5.82 Å². The molecule has 0 heterocycles. The Morgan fingerprint density at radius 3 is 2.38 bits per heavy atom. The van der Waals surface area contributed by atoms with Crippen molar-refractivity contribution in [3.8, 4) is 0 Å². The van der Waals surface area contributed by atoms with Crippen LogP contribution in [0.25, 0.3) is 0 Å². The lowest BCUT2D eigenvalue weighted by Gasteiger charge is -2.16. The van der Waals surface area contributed by atoms with Gasteiger partial charge in [-0.05, 0) is 39.7 Å². The number of carbonyl (C=O) groups is 2. The molecule has 2 amide bonds. The number of hydrogen-bond acceptors (Lipinski definition) is 2. The van der Waals surface area contributed by atoms with Gasteiger partial charge in [-0.25, -0.2) is 4.39 Å². The Morgan fingerprint density at radius 2 is 1.81 bits per heavy atom. The second-order valence-electron chi connectivity index (χ2n) is 4.34. The second kappa shape index (κ2) is 6.49. The van der Waals surface area contributed by atoms with Crippen molar-refractivity contribution in [3.63, 3.8) is 0 Å². The molecule has 2 aromatic carbocycles. The third-order valence-corrected chi connectivity index (χ3v) is 3.52. The molecular formula is C15H12BrFN2O2. The molecule has 0 aromatic heterocycles. The summed E-state index contributed by atoms with van der Waals surface area (Å²) in [6.07, 6.45) is 0. The average Bonchev–Trinajstić information content (AvgIpc) is 2.45. The van der Waals surface area contributed by atoms with E-state index in [4.69, 9.17) is 5.73 Å². The highest BCUT2D eigenvalue weighted by atomic mass is 79.9. The number of nitrogens with one attached hydrogen (secondary N) is 1. The maximum atomic E-state index is 13.0. The summed E-state index contributed by atoms with van der Waals surface area (Å²) in [7, 11) is 0. The summed E-state index contributed by atoms with van der Waals surface area (Å²) in [5.41, 5.74) is 6.13. The fourth-order valence-corrected chi connectivity index (χ4v) is 2.38. The molecule has 21 heavy (non-hydrogen) atoms. The lowest BCUT2D eigenvalue weighted by atomic mass is 10.1. The molecule has 0 saturated heterocycles. The van der Waals surface area contributed by atoms with Gasteiger partial charge in [-0.1, -0.05) is 30.3 Å². The molecular weight excluding hydrogens is 339 g/mol. The van der Waals surface area contributed by atoms with E-state index in [0.29, 0.717) is 10.0 Å². The normalized spacial score (nSPS) is 11.7. The number of primary amides is 1. The number of halogens is 2. The lowest BCUT2D eigenvalue weighted by Crippen LogP contribution is -2.37. The van der Waals surface area contributed by atoms with Crippen LogP contribution in [0.4, 0.5) is 4.39 Å². The summed E-state index contributed by atoms with van der Waals surface area (Å²) >= 11 is 3.11. The average molecular weight is 351 g/mol. The van der Waals surface area contributed by atoms with Gasteiger partial charge in [-0.3, -0.25) is 9.59 Å². The first-order valence-electron chi connectivity index (χ1n) is 6.09. The monoisotopic (exact) mass is 350 g/mol. The third-order valence-electron chi connectivity index (χ3n) is 2.87. The van der Waals surface area contributed by atoms with Crippen LogP contribution in [0.5, 0.6) is 0 Å².